The van der Waals surface area contributed by atoms with Gasteiger partial charge in [-0.25, -0.2) is 0 Å². The third kappa shape index (κ3) is 2.04. The molecule has 2 fully saturated rings. The molecule has 0 aromatic carbocycles. The van der Waals surface area contributed by atoms with Gasteiger partial charge in [-0.3, -0.25) is 0 Å². The summed E-state index contributed by atoms with van der Waals surface area (Å²) in [6.45, 7) is 1.05. The summed E-state index contributed by atoms with van der Waals surface area (Å²) in [5, 5.41) is 8.13. The highest BCUT2D eigenvalue weighted by molar-refractivity contribution is 7.07. The standard InChI is InChI=1S/C13H20N2S/c1-15-12-2-3-13(15)7-11(6-12)14-8-10-4-5-16-9-10/h4-5,9,11-14H,2-3,6-8H2,1H3. The van der Waals surface area contributed by atoms with E-state index in [0.29, 0.717) is 0 Å². The molecule has 0 saturated carbocycles. The first-order valence-corrected chi connectivity index (χ1v) is 7.23. The Labute approximate surface area is 102 Å². The molecule has 16 heavy (non-hydrogen) atoms. The zero-order valence-electron chi connectivity index (χ0n) is 9.86. The van der Waals surface area contributed by atoms with Gasteiger partial charge in [0.25, 0.3) is 0 Å². The lowest BCUT2D eigenvalue weighted by atomic mass is 9.98. The molecule has 1 aromatic rings. The van der Waals surface area contributed by atoms with Crippen LogP contribution in [0.15, 0.2) is 16.8 Å². The van der Waals surface area contributed by atoms with Gasteiger partial charge in [-0.2, -0.15) is 11.3 Å². The molecule has 2 atom stereocenters. The van der Waals surface area contributed by atoms with E-state index < -0.39 is 0 Å². The second-order valence-electron chi connectivity index (χ2n) is 5.23. The van der Waals surface area contributed by atoms with Gasteiger partial charge in [-0.1, -0.05) is 0 Å². The summed E-state index contributed by atoms with van der Waals surface area (Å²) < 4.78 is 0. The normalized spacial score (nSPS) is 34.4. The number of fused-ring (bicyclic) bond motifs is 2. The van der Waals surface area contributed by atoms with Crippen LogP contribution >= 0.6 is 11.3 Å². The Morgan fingerprint density at radius 2 is 2.12 bits per heavy atom. The molecule has 88 valence electrons. The first kappa shape index (κ1) is 10.8. The molecule has 3 heterocycles. The van der Waals surface area contributed by atoms with Crippen molar-refractivity contribution in [2.75, 3.05) is 7.05 Å². The molecule has 2 unspecified atom stereocenters. The summed E-state index contributed by atoms with van der Waals surface area (Å²) in [5.41, 5.74) is 1.44. The molecule has 2 nitrogen and oxygen atoms in total. The first-order chi connectivity index (χ1) is 7.83. The Kier molecular flexibility index (Phi) is 3.01. The van der Waals surface area contributed by atoms with E-state index in [0.717, 1.165) is 24.7 Å². The highest BCUT2D eigenvalue weighted by atomic mass is 32.1. The third-order valence-corrected chi connectivity index (χ3v) is 5.01. The largest absolute Gasteiger partial charge is 0.310 e. The molecule has 3 heteroatoms. The minimum absolute atomic E-state index is 0.744. The fraction of sp³-hybridized carbons (Fsp3) is 0.692. The molecule has 1 N–H and O–H groups in total. The molecule has 0 amide bonds. The van der Waals surface area contributed by atoms with Gasteiger partial charge in [0, 0.05) is 24.7 Å². The van der Waals surface area contributed by atoms with Crippen molar-refractivity contribution in [3.8, 4) is 0 Å². The van der Waals surface area contributed by atoms with Gasteiger partial charge in [0.05, 0.1) is 0 Å². The van der Waals surface area contributed by atoms with Crippen LogP contribution in [0, 0.1) is 0 Å². The van der Waals surface area contributed by atoms with Crippen LogP contribution in [-0.2, 0) is 6.54 Å². The quantitative estimate of drug-likeness (QED) is 0.867. The molecule has 2 saturated heterocycles. The second-order valence-corrected chi connectivity index (χ2v) is 6.01. The van der Waals surface area contributed by atoms with E-state index in [1.54, 1.807) is 11.3 Å². The predicted octanol–water partition coefficient (Wildman–Crippen LogP) is 2.46. The smallest absolute Gasteiger partial charge is 0.0216 e. The summed E-state index contributed by atoms with van der Waals surface area (Å²) in [6, 6.07) is 4.66. The highest BCUT2D eigenvalue weighted by Gasteiger charge is 2.37. The molecule has 2 aliphatic heterocycles. The van der Waals surface area contributed by atoms with Crippen LogP contribution < -0.4 is 5.32 Å². The van der Waals surface area contributed by atoms with Gasteiger partial charge >= 0.3 is 0 Å². The summed E-state index contributed by atoms with van der Waals surface area (Å²) in [5.74, 6) is 0. The number of thiophene rings is 1. The van der Waals surface area contributed by atoms with E-state index in [4.69, 9.17) is 0 Å². The van der Waals surface area contributed by atoms with Gasteiger partial charge in [0.1, 0.15) is 0 Å². The Hall–Kier alpha value is -0.380. The number of hydrogen-bond acceptors (Lipinski definition) is 3. The Bertz CT molecular complexity index is 322. The van der Waals surface area contributed by atoms with Crippen molar-refractivity contribution < 1.29 is 0 Å². The van der Waals surface area contributed by atoms with E-state index in [-0.39, 0.29) is 0 Å². The maximum Gasteiger partial charge on any atom is 0.0216 e. The number of hydrogen-bond donors (Lipinski definition) is 1. The topological polar surface area (TPSA) is 15.3 Å². The zero-order valence-corrected chi connectivity index (χ0v) is 10.7. The number of piperidine rings is 1. The predicted molar refractivity (Wildman–Crippen MR) is 68.8 cm³/mol. The van der Waals surface area contributed by atoms with Crippen molar-refractivity contribution in [3.05, 3.63) is 22.4 Å². The van der Waals surface area contributed by atoms with E-state index in [1.807, 2.05) is 0 Å². The molecule has 0 aliphatic carbocycles. The SMILES string of the molecule is CN1C2CCC1CC(NCc1ccsc1)C2. The van der Waals surface area contributed by atoms with E-state index >= 15 is 0 Å². The fourth-order valence-electron chi connectivity index (χ4n) is 3.23. The minimum atomic E-state index is 0.744. The second kappa shape index (κ2) is 4.47. The summed E-state index contributed by atoms with van der Waals surface area (Å²) in [4.78, 5) is 2.60. The van der Waals surface area contributed by atoms with Crippen LogP contribution in [0.2, 0.25) is 0 Å². The molecule has 2 bridgehead atoms. The number of nitrogens with zero attached hydrogens (tertiary/aromatic N) is 1. The lowest BCUT2D eigenvalue weighted by Gasteiger charge is -2.36. The average molecular weight is 236 g/mol. The Balaban J connectivity index is 1.54. The zero-order chi connectivity index (χ0) is 11.0. The van der Waals surface area contributed by atoms with Gasteiger partial charge in [0.15, 0.2) is 0 Å². The number of rotatable bonds is 3. The molecular weight excluding hydrogens is 216 g/mol. The van der Waals surface area contributed by atoms with Gasteiger partial charge in [-0.05, 0) is 55.1 Å². The summed E-state index contributed by atoms with van der Waals surface area (Å²) in [6.07, 6.45) is 5.52. The van der Waals surface area contributed by atoms with E-state index in [2.05, 4.69) is 34.1 Å². The van der Waals surface area contributed by atoms with Gasteiger partial charge in [-0.15, -0.1) is 0 Å². The average Bonchev–Trinajstić information content (AvgIpc) is 2.84. The molecular formula is C13H20N2S. The Morgan fingerprint density at radius 1 is 1.38 bits per heavy atom. The van der Waals surface area contributed by atoms with Crippen molar-refractivity contribution in [1.29, 1.82) is 0 Å². The monoisotopic (exact) mass is 236 g/mol. The Morgan fingerprint density at radius 3 is 2.75 bits per heavy atom. The van der Waals surface area contributed by atoms with Crippen molar-refractivity contribution in [2.45, 2.75) is 50.4 Å². The van der Waals surface area contributed by atoms with Crippen molar-refractivity contribution >= 4 is 11.3 Å². The molecule has 1 aromatic heterocycles. The van der Waals surface area contributed by atoms with Crippen LogP contribution in [0.4, 0.5) is 0 Å². The van der Waals surface area contributed by atoms with Crippen LogP contribution in [0.1, 0.15) is 31.2 Å². The van der Waals surface area contributed by atoms with Crippen molar-refractivity contribution in [1.82, 2.24) is 10.2 Å². The summed E-state index contributed by atoms with van der Waals surface area (Å²) >= 11 is 1.79. The number of nitrogens with one attached hydrogen (secondary N) is 1. The molecule has 2 aliphatic rings. The maximum absolute atomic E-state index is 3.73. The third-order valence-electron chi connectivity index (χ3n) is 4.27. The fourth-order valence-corrected chi connectivity index (χ4v) is 3.90. The van der Waals surface area contributed by atoms with Crippen molar-refractivity contribution in [3.63, 3.8) is 0 Å². The highest BCUT2D eigenvalue weighted by Crippen LogP contribution is 2.34. The molecule has 3 rings (SSSR count). The van der Waals surface area contributed by atoms with E-state index in [9.17, 15) is 0 Å². The lowest BCUT2D eigenvalue weighted by molar-refractivity contribution is 0.148. The maximum atomic E-state index is 3.73. The van der Waals surface area contributed by atoms with E-state index in [1.165, 1.54) is 31.2 Å². The van der Waals surface area contributed by atoms with Gasteiger partial charge in [0.2, 0.25) is 0 Å². The first-order valence-electron chi connectivity index (χ1n) is 6.29. The molecule has 0 spiro atoms. The summed E-state index contributed by atoms with van der Waals surface area (Å²) in [7, 11) is 2.30. The minimum Gasteiger partial charge on any atom is -0.310 e. The van der Waals surface area contributed by atoms with Crippen LogP contribution in [0.3, 0.4) is 0 Å². The van der Waals surface area contributed by atoms with Crippen LogP contribution in [0.25, 0.3) is 0 Å². The lowest BCUT2D eigenvalue weighted by Crippen LogP contribution is -2.46. The van der Waals surface area contributed by atoms with Crippen molar-refractivity contribution in [2.24, 2.45) is 0 Å². The van der Waals surface area contributed by atoms with Gasteiger partial charge < -0.3 is 10.2 Å². The van der Waals surface area contributed by atoms with Crippen LogP contribution in [-0.4, -0.2) is 30.1 Å². The van der Waals surface area contributed by atoms with Crippen LogP contribution in [0.5, 0.6) is 0 Å². The molecule has 0 radical (unpaired) electrons.